The van der Waals surface area contributed by atoms with E-state index in [0.29, 0.717) is 31.6 Å². The largest absolute Gasteiger partial charge is 0.475 e. The number of nitrogens with zero attached hydrogens (tertiary/aromatic N) is 1. The Labute approximate surface area is 140 Å². The Morgan fingerprint density at radius 3 is 2.75 bits per heavy atom. The SMILES string of the molecule is CCNC(=O)[C@H]1Cc2ccccc2CN1Cc1ccoc1C(=O)O. The maximum Gasteiger partial charge on any atom is 0.372 e. The van der Waals surface area contributed by atoms with Crippen LogP contribution < -0.4 is 5.32 Å². The van der Waals surface area contributed by atoms with Crippen LogP contribution in [-0.4, -0.2) is 34.5 Å². The van der Waals surface area contributed by atoms with Crippen molar-refractivity contribution in [1.82, 2.24) is 10.2 Å². The molecule has 1 aromatic heterocycles. The summed E-state index contributed by atoms with van der Waals surface area (Å²) in [5.41, 5.74) is 2.91. The third kappa shape index (κ3) is 3.19. The van der Waals surface area contributed by atoms with Crippen LogP contribution in [0.1, 0.15) is 34.2 Å². The number of hydrogen-bond acceptors (Lipinski definition) is 4. The summed E-state index contributed by atoms with van der Waals surface area (Å²) in [5.74, 6) is -1.20. The van der Waals surface area contributed by atoms with Gasteiger partial charge in [-0.05, 0) is 30.5 Å². The van der Waals surface area contributed by atoms with Crippen LogP contribution >= 0.6 is 0 Å². The fourth-order valence-corrected chi connectivity index (χ4v) is 3.16. The molecule has 0 unspecified atom stereocenters. The monoisotopic (exact) mass is 328 g/mol. The first-order valence-electron chi connectivity index (χ1n) is 7.98. The third-order valence-electron chi connectivity index (χ3n) is 4.31. The minimum Gasteiger partial charge on any atom is -0.475 e. The second kappa shape index (κ2) is 6.88. The Morgan fingerprint density at radius 2 is 2.04 bits per heavy atom. The van der Waals surface area contributed by atoms with Gasteiger partial charge >= 0.3 is 5.97 Å². The number of hydrogen-bond donors (Lipinski definition) is 2. The van der Waals surface area contributed by atoms with Crippen molar-refractivity contribution in [1.29, 1.82) is 0 Å². The van der Waals surface area contributed by atoms with Gasteiger partial charge in [-0.15, -0.1) is 0 Å². The van der Waals surface area contributed by atoms with Crippen molar-refractivity contribution in [3.05, 3.63) is 59.0 Å². The van der Waals surface area contributed by atoms with Gasteiger partial charge in [0.15, 0.2) is 0 Å². The van der Waals surface area contributed by atoms with E-state index in [2.05, 4.69) is 5.32 Å². The molecule has 0 saturated carbocycles. The molecule has 0 aliphatic carbocycles. The van der Waals surface area contributed by atoms with Gasteiger partial charge in [0.2, 0.25) is 11.7 Å². The van der Waals surface area contributed by atoms with Crippen LogP contribution in [0.3, 0.4) is 0 Å². The zero-order chi connectivity index (χ0) is 17.1. The van der Waals surface area contributed by atoms with Crippen molar-refractivity contribution < 1.29 is 19.1 Å². The fourth-order valence-electron chi connectivity index (χ4n) is 3.16. The van der Waals surface area contributed by atoms with E-state index in [1.807, 2.05) is 36.1 Å². The van der Waals surface area contributed by atoms with E-state index in [1.165, 1.54) is 11.8 Å². The number of carbonyl (C=O) groups is 2. The number of carboxylic acids is 1. The van der Waals surface area contributed by atoms with Crippen LogP contribution in [0.5, 0.6) is 0 Å². The predicted octanol–water partition coefficient (Wildman–Crippen LogP) is 2.04. The van der Waals surface area contributed by atoms with Crippen LogP contribution in [0.25, 0.3) is 0 Å². The number of furan rings is 1. The van der Waals surface area contributed by atoms with Crippen molar-refractivity contribution in [2.75, 3.05) is 6.54 Å². The summed E-state index contributed by atoms with van der Waals surface area (Å²) < 4.78 is 5.05. The molecule has 0 radical (unpaired) electrons. The van der Waals surface area contributed by atoms with Gasteiger partial charge in [0, 0.05) is 25.2 Å². The smallest absolute Gasteiger partial charge is 0.372 e. The lowest BCUT2D eigenvalue weighted by Crippen LogP contribution is -2.49. The van der Waals surface area contributed by atoms with Crippen molar-refractivity contribution in [3.63, 3.8) is 0 Å². The highest BCUT2D eigenvalue weighted by atomic mass is 16.4. The molecule has 1 aliphatic rings. The summed E-state index contributed by atoms with van der Waals surface area (Å²) in [7, 11) is 0. The molecule has 1 atom stereocenters. The number of rotatable bonds is 5. The summed E-state index contributed by atoms with van der Waals surface area (Å²) in [6, 6.07) is 9.37. The van der Waals surface area contributed by atoms with Gasteiger partial charge in [0.05, 0.1) is 12.3 Å². The number of fused-ring (bicyclic) bond motifs is 1. The fraction of sp³-hybridized carbons (Fsp3) is 0.333. The first-order valence-corrected chi connectivity index (χ1v) is 7.98. The van der Waals surface area contributed by atoms with Gasteiger partial charge in [-0.25, -0.2) is 4.79 Å². The Kier molecular flexibility index (Phi) is 4.66. The predicted molar refractivity (Wildman–Crippen MR) is 87.5 cm³/mol. The number of carboxylic acid groups (broad SMARTS) is 1. The van der Waals surface area contributed by atoms with Crippen molar-refractivity contribution in [3.8, 4) is 0 Å². The summed E-state index contributed by atoms with van der Waals surface area (Å²) in [6.45, 7) is 3.41. The molecule has 1 aromatic carbocycles. The van der Waals surface area contributed by atoms with Crippen LogP contribution in [0.4, 0.5) is 0 Å². The van der Waals surface area contributed by atoms with E-state index < -0.39 is 5.97 Å². The third-order valence-corrected chi connectivity index (χ3v) is 4.31. The summed E-state index contributed by atoms with van der Waals surface area (Å²) in [5, 5.41) is 12.1. The Hall–Kier alpha value is -2.60. The van der Waals surface area contributed by atoms with Gasteiger partial charge in [-0.3, -0.25) is 9.69 Å². The zero-order valence-electron chi connectivity index (χ0n) is 13.5. The molecule has 3 rings (SSSR count). The molecule has 0 fully saturated rings. The van der Waals surface area contributed by atoms with Gasteiger partial charge < -0.3 is 14.8 Å². The van der Waals surface area contributed by atoms with Crippen molar-refractivity contribution in [2.45, 2.75) is 32.5 Å². The molecular weight excluding hydrogens is 308 g/mol. The molecule has 24 heavy (non-hydrogen) atoms. The molecule has 126 valence electrons. The lowest BCUT2D eigenvalue weighted by atomic mass is 9.93. The van der Waals surface area contributed by atoms with Crippen LogP contribution in [0.15, 0.2) is 41.0 Å². The molecule has 2 aromatic rings. The first kappa shape index (κ1) is 16.3. The van der Waals surface area contributed by atoms with Crippen molar-refractivity contribution in [2.24, 2.45) is 0 Å². The minimum absolute atomic E-state index is 0.0348. The van der Waals surface area contributed by atoms with Gasteiger partial charge in [0.1, 0.15) is 0 Å². The molecule has 2 N–H and O–H groups in total. The van der Waals surface area contributed by atoms with Crippen LogP contribution in [0.2, 0.25) is 0 Å². The summed E-state index contributed by atoms with van der Waals surface area (Å²) in [6.07, 6.45) is 1.99. The minimum atomic E-state index is -1.10. The van der Waals surface area contributed by atoms with Crippen LogP contribution in [0, 0.1) is 0 Å². The average molecular weight is 328 g/mol. The van der Waals surface area contributed by atoms with Crippen LogP contribution in [-0.2, 0) is 24.3 Å². The molecule has 6 nitrogen and oxygen atoms in total. The van der Waals surface area contributed by atoms with E-state index >= 15 is 0 Å². The number of amides is 1. The molecule has 1 aliphatic heterocycles. The molecule has 6 heteroatoms. The lowest BCUT2D eigenvalue weighted by molar-refractivity contribution is -0.127. The molecular formula is C18H20N2O4. The molecule has 1 amide bonds. The normalized spacial score (nSPS) is 17.3. The number of nitrogens with one attached hydrogen (secondary N) is 1. The van der Waals surface area contributed by atoms with Gasteiger partial charge in [-0.2, -0.15) is 0 Å². The van der Waals surface area contributed by atoms with Crippen molar-refractivity contribution >= 4 is 11.9 Å². The second-order valence-electron chi connectivity index (χ2n) is 5.87. The highest BCUT2D eigenvalue weighted by Gasteiger charge is 2.32. The number of aromatic carboxylic acids is 1. The van der Waals surface area contributed by atoms with E-state index in [4.69, 9.17) is 4.42 Å². The molecule has 2 heterocycles. The highest BCUT2D eigenvalue weighted by molar-refractivity contribution is 5.86. The summed E-state index contributed by atoms with van der Waals surface area (Å²) in [4.78, 5) is 25.7. The average Bonchev–Trinajstić information content (AvgIpc) is 3.03. The zero-order valence-corrected chi connectivity index (χ0v) is 13.5. The number of likely N-dealkylation sites (N-methyl/N-ethyl adjacent to an activating group) is 1. The first-order chi connectivity index (χ1) is 11.6. The maximum atomic E-state index is 12.5. The quantitative estimate of drug-likeness (QED) is 0.878. The molecule has 0 spiro atoms. The highest BCUT2D eigenvalue weighted by Crippen LogP contribution is 2.26. The van der Waals surface area contributed by atoms with E-state index in [0.717, 1.165) is 5.56 Å². The second-order valence-corrected chi connectivity index (χ2v) is 5.87. The Morgan fingerprint density at radius 1 is 1.29 bits per heavy atom. The molecule has 0 bridgehead atoms. The maximum absolute atomic E-state index is 12.5. The molecule has 0 saturated heterocycles. The standard InChI is InChI=1S/C18H20N2O4/c1-2-19-17(21)15-9-12-5-3-4-6-13(12)10-20(15)11-14-7-8-24-16(14)18(22)23/h3-8,15H,2,9-11H2,1H3,(H,19,21)(H,22,23)/t15-/m1/s1. The number of benzene rings is 1. The summed E-state index contributed by atoms with van der Waals surface area (Å²) >= 11 is 0. The van der Waals surface area contributed by atoms with Gasteiger partial charge in [0.25, 0.3) is 0 Å². The Balaban J connectivity index is 1.89. The lowest BCUT2D eigenvalue weighted by Gasteiger charge is -2.35. The van der Waals surface area contributed by atoms with E-state index in [9.17, 15) is 14.7 Å². The Bertz CT molecular complexity index is 753. The van der Waals surface area contributed by atoms with E-state index in [1.54, 1.807) is 6.07 Å². The van der Waals surface area contributed by atoms with E-state index in [-0.39, 0.29) is 17.7 Å². The van der Waals surface area contributed by atoms with Gasteiger partial charge in [-0.1, -0.05) is 24.3 Å². The number of carbonyl (C=O) groups excluding carboxylic acids is 1. The topological polar surface area (TPSA) is 82.8 Å².